The van der Waals surface area contributed by atoms with Crippen molar-refractivity contribution in [1.82, 2.24) is 0 Å². The number of esters is 1. The Morgan fingerprint density at radius 2 is 1.66 bits per heavy atom. The lowest BCUT2D eigenvalue weighted by molar-refractivity contribution is -0.873. The minimum atomic E-state index is -0.950. The second kappa shape index (κ2) is 18.8. The average molecular weight is 457 g/mol. The lowest BCUT2D eigenvalue weighted by atomic mass is 10.1. The van der Waals surface area contributed by atoms with Gasteiger partial charge in [-0.25, -0.2) is 4.89 Å². The van der Waals surface area contributed by atoms with Crippen molar-refractivity contribution >= 4 is 11.9 Å². The van der Waals surface area contributed by atoms with Crippen LogP contribution in [-0.4, -0.2) is 66.7 Å². The van der Waals surface area contributed by atoms with Gasteiger partial charge in [0, 0.05) is 6.42 Å². The second-order valence-corrected chi connectivity index (χ2v) is 9.44. The van der Waals surface area contributed by atoms with Gasteiger partial charge in [-0.2, -0.15) is 0 Å². The van der Waals surface area contributed by atoms with Crippen LogP contribution in [0.3, 0.4) is 0 Å². The number of rotatable bonds is 20. The van der Waals surface area contributed by atoms with E-state index in [4.69, 9.17) is 15.1 Å². The van der Waals surface area contributed by atoms with Crippen molar-refractivity contribution in [1.29, 1.82) is 0 Å². The number of hydrogen-bond donors (Lipinski definition) is 2. The SMILES string of the molecule is CCCCCC(/C=C/C=C/CCCCCCCC(=O)OC(CC(=O)O)C[N+](C)(C)C)OO. The maximum absolute atomic E-state index is 12.0. The third-order valence-electron chi connectivity index (χ3n) is 5.00. The Balaban J connectivity index is 3.87. The molecule has 0 aromatic carbocycles. The van der Waals surface area contributed by atoms with Crippen LogP contribution in [0.2, 0.25) is 0 Å². The van der Waals surface area contributed by atoms with Gasteiger partial charge in [0.05, 0.1) is 27.6 Å². The molecule has 0 saturated heterocycles. The van der Waals surface area contributed by atoms with Crippen LogP contribution in [0, 0.1) is 0 Å². The Bertz CT molecular complexity index is 553. The smallest absolute Gasteiger partial charge is 0.307 e. The zero-order valence-electron chi connectivity index (χ0n) is 20.6. The highest BCUT2D eigenvalue weighted by atomic mass is 17.1. The van der Waals surface area contributed by atoms with Gasteiger partial charge in [-0.3, -0.25) is 14.8 Å². The molecule has 0 aromatic rings. The van der Waals surface area contributed by atoms with Crippen molar-refractivity contribution in [3.63, 3.8) is 0 Å². The van der Waals surface area contributed by atoms with Gasteiger partial charge in [-0.1, -0.05) is 69.8 Å². The van der Waals surface area contributed by atoms with Crippen LogP contribution in [0.5, 0.6) is 0 Å². The van der Waals surface area contributed by atoms with Gasteiger partial charge in [0.15, 0.2) is 6.10 Å². The Kier molecular flexibility index (Phi) is 17.8. The van der Waals surface area contributed by atoms with Crippen LogP contribution < -0.4 is 0 Å². The first kappa shape index (κ1) is 30.3. The van der Waals surface area contributed by atoms with Gasteiger partial charge < -0.3 is 14.3 Å². The van der Waals surface area contributed by atoms with E-state index in [0.29, 0.717) is 17.4 Å². The molecule has 0 rings (SSSR count). The largest absolute Gasteiger partial charge is 0.481 e. The van der Waals surface area contributed by atoms with Gasteiger partial charge in [0.2, 0.25) is 0 Å². The summed E-state index contributed by atoms with van der Waals surface area (Å²) in [5.41, 5.74) is 0. The van der Waals surface area contributed by atoms with E-state index >= 15 is 0 Å². The highest BCUT2D eigenvalue weighted by molar-refractivity contribution is 5.71. The molecule has 0 heterocycles. The number of nitrogens with zero attached hydrogens (tertiary/aromatic N) is 1. The van der Waals surface area contributed by atoms with Crippen LogP contribution >= 0.6 is 0 Å². The third-order valence-corrected chi connectivity index (χ3v) is 5.00. The van der Waals surface area contributed by atoms with Crippen LogP contribution in [0.1, 0.15) is 84.0 Å². The molecule has 0 aliphatic rings. The summed E-state index contributed by atoms with van der Waals surface area (Å²) in [4.78, 5) is 27.5. The van der Waals surface area contributed by atoms with Crippen molar-refractivity contribution in [3.05, 3.63) is 24.3 Å². The molecule has 0 spiro atoms. The van der Waals surface area contributed by atoms with Crippen LogP contribution in [-0.2, 0) is 19.2 Å². The minimum Gasteiger partial charge on any atom is -0.481 e. The second-order valence-electron chi connectivity index (χ2n) is 9.44. The van der Waals surface area contributed by atoms with E-state index in [1.165, 1.54) is 0 Å². The fraction of sp³-hybridized carbons (Fsp3) is 0.760. The topological polar surface area (TPSA) is 93.1 Å². The number of carboxylic acid groups (broad SMARTS) is 1. The highest BCUT2D eigenvalue weighted by Crippen LogP contribution is 2.11. The van der Waals surface area contributed by atoms with Gasteiger partial charge >= 0.3 is 11.9 Å². The molecular weight excluding hydrogens is 410 g/mol. The Morgan fingerprint density at radius 3 is 2.28 bits per heavy atom. The molecule has 0 amide bonds. The lowest BCUT2D eigenvalue weighted by Gasteiger charge is -2.28. The van der Waals surface area contributed by atoms with Crippen molar-refractivity contribution < 1.29 is 34.1 Å². The number of carboxylic acids is 1. The van der Waals surface area contributed by atoms with Gasteiger partial charge in [-0.15, -0.1) is 0 Å². The van der Waals surface area contributed by atoms with Crippen molar-refractivity contribution in [2.75, 3.05) is 27.7 Å². The lowest BCUT2D eigenvalue weighted by Crippen LogP contribution is -2.43. The summed E-state index contributed by atoms with van der Waals surface area (Å²) in [5.74, 6) is -1.26. The molecule has 2 N–H and O–H groups in total. The predicted octanol–water partition coefficient (Wildman–Crippen LogP) is 5.36. The van der Waals surface area contributed by atoms with Crippen molar-refractivity contribution in [2.24, 2.45) is 0 Å². The molecule has 0 aliphatic heterocycles. The number of carbonyl (C=O) groups is 2. The monoisotopic (exact) mass is 456 g/mol. The maximum Gasteiger partial charge on any atom is 0.307 e. The number of likely N-dealkylation sites (N-methyl/N-ethyl adjacent to an activating group) is 1. The first-order chi connectivity index (χ1) is 15.2. The summed E-state index contributed by atoms with van der Waals surface area (Å²) in [6.45, 7) is 2.63. The Hall–Kier alpha value is -1.70. The molecule has 0 saturated carbocycles. The van der Waals surface area contributed by atoms with Crippen LogP contribution in [0.25, 0.3) is 0 Å². The molecule has 0 fully saturated rings. The molecule has 2 atom stereocenters. The molecule has 2 unspecified atom stereocenters. The summed E-state index contributed by atoms with van der Waals surface area (Å²) < 4.78 is 5.94. The average Bonchev–Trinajstić information content (AvgIpc) is 2.68. The van der Waals surface area contributed by atoms with Gasteiger partial charge in [0.25, 0.3) is 0 Å². The standard InChI is InChI=1S/C25H45NO6/c1-5-6-14-17-22(32-30)18-15-12-10-8-7-9-11-13-16-19-25(29)31-23(20-24(27)28)21-26(2,3)4/h10,12,15,18,22-23H,5-9,11,13-14,16-17,19-21H2,1-4H3,(H-,27,28,30)/p+1/b12-10+,18-15+. The summed E-state index contributed by atoms with van der Waals surface area (Å²) in [5, 5.41) is 17.9. The normalized spacial score (nSPS) is 14.2. The number of hydrogen-bond acceptors (Lipinski definition) is 5. The third kappa shape index (κ3) is 20.2. The molecule has 0 aromatic heterocycles. The molecule has 0 aliphatic carbocycles. The van der Waals surface area contributed by atoms with Gasteiger partial charge in [0.1, 0.15) is 12.6 Å². The van der Waals surface area contributed by atoms with E-state index < -0.39 is 12.1 Å². The number of ether oxygens (including phenoxy) is 1. The number of quaternary nitrogens is 1. The molecule has 186 valence electrons. The summed E-state index contributed by atoms with van der Waals surface area (Å²) in [6, 6.07) is 0. The number of aliphatic carboxylic acids is 1. The van der Waals surface area contributed by atoms with E-state index in [0.717, 1.165) is 64.2 Å². The molecule has 0 radical (unpaired) electrons. The molecule has 7 heteroatoms. The Morgan fingerprint density at radius 1 is 0.969 bits per heavy atom. The van der Waals surface area contributed by atoms with Gasteiger partial charge in [-0.05, 0) is 25.7 Å². The van der Waals surface area contributed by atoms with Crippen LogP contribution in [0.15, 0.2) is 24.3 Å². The highest BCUT2D eigenvalue weighted by Gasteiger charge is 2.24. The number of unbranched alkanes of at least 4 members (excludes halogenated alkanes) is 7. The van der Waals surface area contributed by atoms with E-state index in [9.17, 15) is 9.59 Å². The summed E-state index contributed by atoms with van der Waals surface area (Å²) in [7, 11) is 5.84. The minimum absolute atomic E-state index is 0.156. The zero-order chi connectivity index (χ0) is 24.2. The first-order valence-corrected chi connectivity index (χ1v) is 12.0. The zero-order valence-corrected chi connectivity index (χ0v) is 20.6. The Labute approximate surface area is 194 Å². The number of carbonyl (C=O) groups excluding carboxylic acids is 1. The van der Waals surface area contributed by atoms with E-state index in [2.05, 4.69) is 17.9 Å². The van der Waals surface area contributed by atoms with Crippen LogP contribution in [0.4, 0.5) is 0 Å². The molecule has 7 nitrogen and oxygen atoms in total. The fourth-order valence-corrected chi connectivity index (χ4v) is 3.40. The summed E-state index contributed by atoms with van der Waals surface area (Å²) in [6.07, 6.45) is 17.4. The quantitative estimate of drug-likeness (QED) is 0.0640. The first-order valence-electron chi connectivity index (χ1n) is 12.0. The fourth-order valence-electron chi connectivity index (χ4n) is 3.40. The predicted molar refractivity (Wildman–Crippen MR) is 127 cm³/mol. The molecule has 0 bridgehead atoms. The number of allylic oxidation sites excluding steroid dienone is 3. The van der Waals surface area contributed by atoms with Crippen molar-refractivity contribution in [3.8, 4) is 0 Å². The summed E-state index contributed by atoms with van der Waals surface area (Å²) >= 11 is 0. The van der Waals surface area contributed by atoms with E-state index in [1.54, 1.807) is 0 Å². The van der Waals surface area contributed by atoms with E-state index in [-0.39, 0.29) is 18.5 Å². The van der Waals surface area contributed by atoms with Crippen molar-refractivity contribution in [2.45, 2.75) is 96.2 Å². The maximum atomic E-state index is 12.0. The molecular formula is C25H46NO6+. The van der Waals surface area contributed by atoms with E-state index in [1.807, 2.05) is 39.4 Å². The molecule has 32 heavy (non-hydrogen) atoms.